The van der Waals surface area contributed by atoms with Crippen molar-refractivity contribution in [2.24, 2.45) is 0 Å². The second-order valence-electron chi connectivity index (χ2n) is 7.73. The first kappa shape index (κ1) is 27.5. The van der Waals surface area contributed by atoms with Gasteiger partial charge in [0.25, 0.3) is 0 Å². The number of nitrogens with zero attached hydrogens (tertiary/aromatic N) is 1. The van der Waals surface area contributed by atoms with E-state index in [0.29, 0.717) is 12.4 Å². The third-order valence-corrected chi connectivity index (χ3v) is 7.16. The Kier molecular flexibility index (Phi) is 10.7. The Balaban J connectivity index is 0.00000408. The van der Waals surface area contributed by atoms with Gasteiger partial charge in [-0.1, -0.05) is 24.3 Å². The molecule has 0 radical (unpaired) electrons. The van der Waals surface area contributed by atoms with E-state index in [-0.39, 0.29) is 22.2 Å². The van der Waals surface area contributed by atoms with Crippen molar-refractivity contribution < 1.29 is 22.6 Å². The summed E-state index contributed by atoms with van der Waals surface area (Å²) in [5.41, 5.74) is 1.20. The first-order valence-electron chi connectivity index (χ1n) is 10.9. The lowest BCUT2D eigenvalue weighted by Gasteiger charge is -2.17. The maximum absolute atomic E-state index is 12.7. The first-order chi connectivity index (χ1) is 15.9. The Bertz CT molecular complexity index is 1120. The van der Waals surface area contributed by atoms with Crippen LogP contribution in [-0.4, -0.2) is 54.3 Å². The molecule has 0 saturated heterocycles. The van der Waals surface area contributed by atoms with Crippen molar-refractivity contribution in [3.63, 3.8) is 0 Å². The van der Waals surface area contributed by atoms with Gasteiger partial charge in [-0.3, -0.25) is 0 Å². The minimum Gasteiger partial charge on any atom is -0.494 e. The fourth-order valence-corrected chi connectivity index (χ4v) is 4.73. The molecule has 0 saturated carbocycles. The van der Waals surface area contributed by atoms with Gasteiger partial charge in [-0.2, -0.15) is 0 Å². The number of sulfone groups is 1. The van der Waals surface area contributed by atoms with E-state index in [1.54, 1.807) is 68.8 Å². The number of hydrogen-bond donors (Lipinski definition) is 0. The van der Waals surface area contributed by atoms with Crippen molar-refractivity contribution >= 4 is 22.2 Å². The molecule has 0 fully saturated rings. The third kappa shape index (κ3) is 7.38. The van der Waals surface area contributed by atoms with Gasteiger partial charge in [0.1, 0.15) is 5.75 Å². The first-order valence-corrected chi connectivity index (χ1v) is 12.3. The predicted molar refractivity (Wildman–Crippen MR) is 136 cm³/mol. The molecule has 0 spiro atoms. The molecule has 6 nitrogen and oxygen atoms in total. The van der Waals surface area contributed by atoms with Crippen LogP contribution in [0.3, 0.4) is 0 Å². The van der Waals surface area contributed by atoms with E-state index in [2.05, 4.69) is 18.0 Å². The molecule has 0 heterocycles. The van der Waals surface area contributed by atoms with Crippen LogP contribution in [0.2, 0.25) is 0 Å². The van der Waals surface area contributed by atoms with E-state index < -0.39 is 9.84 Å². The van der Waals surface area contributed by atoms with Gasteiger partial charge in [-0.15, -0.1) is 12.4 Å². The maximum atomic E-state index is 12.7. The van der Waals surface area contributed by atoms with Crippen molar-refractivity contribution in [2.45, 2.75) is 22.6 Å². The monoisotopic (exact) mass is 505 g/mol. The number of benzene rings is 3. The number of likely N-dealkylation sites (N-methyl/N-ethyl adjacent to an activating group) is 1. The fraction of sp³-hybridized carbons (Fsp3) is 0.308. The average Bonchev–Trinajstić information content (AvgIpc) is 2.86. The van der Waals surface area contributed by atoms with Gasteiger partial charge >= 0.3 is 0 Å². The summed E-state index contributed by atoms with van der Waals surface area (Å²) in [7, 11) is 1.86. The van der Waals surface area contributed by atoms with Crippen LogP contribution in [0.1, 0.15) is 12.0 Å². The molecule has 3 rings (SSSR count). The molecule has 0 N–H and O–H groups in total. The topological polar surface area (TPSA) is 65.1 Å². The van der Waals surface area contributed by atoms with Gasteiger partial charge in [0.2, 0.25) is 9.84 Å². The van der Waals surface area contributed by atoms with E-state index in [4.69, 9.17) is 14.2 Å². The lowest BCUT2D eigenvalue weighted by molar-refractivity contribution is 0.264. The molecule has 3 aromatic rings. The Labute approximate surface area is 208 Å². The zero-order valence-electron chi connectivity index (χ0n) is 19.8. The van der Waals surface area contributed by atoms with Gasteiger partial charge in [0, 0.05) is 13.1 Å². The third-order valence-electron chi connectivity index (χ3n) is 5.37. The smallest absolute Gasteiger partial charge is 0.206 e. The van der Waals surface area contributed by atoms with Crippen molar-refractivity contribution in [2.75, 3.05) is 41.0 Å². The highest BCUT2D eigenvalue weighted by Crippen LogP contribution is 2.27. The second kappa shape index (κ2) is 13.2. The fourth-order valence-electron chi connectivity index (χ4n) is 3.44. The molecule has 0 amide bonds. The van der Waals surface area contributed by atoms with Gasteiger partial charge in [0.15, 0.2) is 11.5 Å². The van der Waals surface area contributed by atoms with Crippen LogP contribution < -0.4 is 14.2 Å². The van der Waals surface area contributed by atoms with Crippen LogP contribution in [0, 0.1) is 0 Å². The van der Waals surface area contributed by atoms with Gasteiger partial charge in [0.05, 0.1) is 30.6 Å². The van der Waals surface area contributed by atoms with Gasteiger partial charge < -0.3 is 19.1 Å². The summed E-state index contributed by atoms with van der Waals surface area (Å²) in [6, 6.07) is 21.0. The van der Waals surface area contributed by atoms with Crippen LogP contribution in [0.25, 0.3) is 0 Å². The zero-order valence-corrected chi connectivity index (χ0v) is 21.4. The maximum Gasteiger partial charge on any atom is 0.206 e. The van der Waals surface area contributed by atoms with E-state index in [1.165, 1.54) is 5.56 Å². The standard InChI is InChI=1S/C26H31NO5S.ClH/c1-27(18-16-21-10-15-25(30-2)26(20-21)31-3)17-7-19-32-22-11-13-24(14-12-22)33(28,29)23-8-5-4-6-9-23;/h4-6,8-15,20H,7,16-19H2,1-3H3;1H. The molecule has 0 aromatic heterocycles. The molecule has 34 heavy (non-hydrogen) atoms. The molecular formula is C26H32ClNO5S. The molecular weight excluding hydrogens is 474 g/mol. The highest BCUT2D eigenvalue weighted by Gasteiger charge is 2.16. The minimum atomic E-state index is -3.51. The molecule has 0 atom stereocenters. The van der Waals surface area contributed by atoms with Crippen molar-refractivity contribution in [3.8, 4) is 17.2 Å². The number of ether oxygens (including phenoxy) is 3. The van der Waals surface area contributed by atoms with Crippen molar-refractivity contribution in [1.29, 1.82) is 0 Å². The number of hydrogen-bond acceptors (Lipinski definition) is 6. The Morgan fingerprint density at radius 1 is 0.794 bits per heavy atom. The minimum absolute atomic E-state index is 0. The van der Waals surface area contributed by atoms with Crippen LogP contribution in [0.4, 0.5) is 0 Å². The SMILES string of the molecule is COc1ccc(CCN(C)CCCOc2ccc(S(=O)(=O)c3ccccc3)cc2)cc1OC.Cl. The summed E-state index contributed by atoms with van der Waals surface area (Å²) in [5.74, 6) is 2.14. The summed E-state index contributed by atoms with van der Waals surface area (Å²) in [5, 5.41) is 0. The summed E-state index contributed by atoms with van der Waals surface area (Å²) in [6.07, 6.45) is 1.78. The quantitative estimate of drug-likeness (QED) is 0.326. The molecule has 0 aliphatic rings. The summed E-state index contributed by atoms with van der Waals surface area (Å²) in [4.78, 5) is 2.81. The predicted octanol–water partition coefficient (Wildman–Crippen LogP) is 4.90. The lowest BCUT2D eigenvalue weighted by atomic mass is 10.1. The molecule has 0 aliphatic heterocycles. The Hall–Kier alpha value is -2.74. The summed E-state index contributed by atoms with van der Waals surface area (Å²) < 4.78 is 41.7. The van der Waals surface area contributed by atoms with Crippen LogP contribution >= 0.6 is 12.4 Å². The van der Waals surface area contributed by atoms with Crippen molar-refractivity contribution in [3.05, 3.63) is 78.4 Å². The molecule has 0 aliphatic carbocycles. The van der Waals surface area contributed by atoms with Crippen LogP contribution in [0.5, 0.6) is 17.2 Å². The molecule has 3 aromatic carbocycles. The Morgan fingerprint density at radius 3 is 2.09 bits per heavy atom. The molecule has 184 valence electrons. The molecule has 0 bridgehead atoms. The van der Waals surface area contributed by atoms with Crippen molar-refractivity contribution in [1.82, 2.24) is 4.90 Å². The second-order valence-corrected chi connectivity index (χ2v) is 9.68. The van der Waals surface area contributed by atoms with E-state index in [0.717, 1.165) is 37.4 Å². The normalized spacial score (nSPS) is 11.1. The number of halogens is 1. The summed E-state index contributed by atoms with van der Waals surface area (Å²) >= 11 is 0. The van der Waals surface area contributed by atoms with E-state index >= 15 is 0 Å². The lowest BCUT2D eigenvalue weighted by Crippen LogP contribution is -2.23. The highest BCUT2D eigenvalue weighted by atomic mass is 35.5. The van der Waals surface area contributed by atoms with Crippen LogP contribution in [0.15, 0.2) is 82.6 Å². The largest absolute Gasteiger partial charge is 0.494 e. The van der Waals surface area contributed by atoms with Crippen LogP contribution in [-0.2, 0) is 16.3 Å². The molecule has 0 unspecified atom stereocenters. The van der Waals surface area contributed by atoms with Gasteiger partial charge in [-0.05, 0) is 74.0 Å². The Morgan fingerprint density at radius 2 is 1.44 bits per heavy atom. The van der Waals surface area contributed by atoms with Gasteiger partial charge in [-0.25, -0.2) is 8.42 Å². The average molecular weight is 506 g/mol. The molecule has 8 heteroatoms. The van der Waals surface area contributed by atoms with E-state index in [1.807, 2.05) is 12.1 Å². The summed E-state index contributed by atoms with van der Waals surface area (Å²) in [6.45, 7) is 2.38. The highest BCUT2D eigenvalue weighted by molar-refractivity contribution is 7.91. The number of methoxy groups -OCH3 is 2. The zero-order chi connectivity index (χ0) is 23.7. The van der Waals surface area contributed by atoms with E-state index in [9.17, 15) is 8.42 Å². The number of rotatable bonds is 12.